The van der Waals surface area contributed by atoms with E-state index >= 15 is 0 Å². The van der Waals surface area contributed by atoms with Crippen molar-refractivity contribution < 1.29 is 18.7 Å². The van der Waals surface area contributed by atoms with Crippen molar-refractivity contribution in [2.24, 2.45) is 0 Å². The second-order valence-corrected chi connectivity index (χ2v) is 7.51. The maximum absolute atomic E-state index is 12.6. The minimum atomic E-state index is -0.530. The van der Waals surface area contributed by atoms with Gasteiger partial charge in [-0.05, 0) is 42.5 Å². The van der Waals surface area contributed by atoms with E-state index in [2.05, 4.69) is 12.1 Å². The van der Waals surface area contributed by atoms with Crippen molar-refractivity contribution in [3.8, 4) is 0 Å². The molecule has 0 fully saturated rings. The third-order valence-corrected chi connectivity index (χ3v) is 5.67. The van der Waals surface area contributed by atoms with Gasteiger partial charge in [-0.2, -0.15) is 0 Å². The first-order valence-electron chi connectivity index (χ1n) is 10.1. The van der Waals surface area contributed by atoms with Crippen molar-refractivity contribution in [2.75, 3.05) is 13.7 Å². The first kappa shape index (κ1) is 19.9. The molecule has 0 N–H and O–H groups in total. The number of carbonyl (C=O) groups is 2. The number of hydrogen-bond donors (Lipinski definition) is 0. The minimum absolute atomic E-state index is 0.00276. The number of rotatable bonds is 6. The molecule has 2 aromatic carbocycles. The van der Waals surface area contributed by atoms with Gasteiger partial charge in [0.05, 0.1) is 18.0 Å². The molecule has 1 amide bonds. The fourth-order valence-corrected chi connectivity index (χ4v) is 4.05. The summed E-state index contributed by atoms with van der Waals surface area (Å²) >= 11 is 0. The number of oxazole rings is 1. The van der Waals surface area contributed by atoms with Crippen molar-refractivity contribution in [2.45, 2.75) is 38.3 Å². The van der Waals surface area contributed by atoms with Gasteiger partial charge in [-0.3, -0.25) is 14.2 Å². The molecular weight excluding hydrogens is 384 g/mol. The van der Waals surface area contributed by atoms with Gasteiger partial charge in [-0.15, -0.1) is 0 Å². The number of para-hydroxylation sites is 2. The Morgan fingerprint density at radius 3 is 2.80 bits per heavy atom. The summed E-state index contributed by atoms with van der Waals surface area (Å²) in [5.74, 6) is -1.29. The van der Waals surface area contributed by atoms with Crippen LogP contribution in [-0.4, -0.2) is 35.0 Å². The summed E-state index contributed by atoms with van der Waals surface area (Å²) < 4.78 is 11.7. The number of fused-ring (bicyclic) bond motifs is 2. The van der Waals surface area contributed by atoms with Gasteiger partial charge < -0.3 is 14.1 Å². The van der Waals surface area contributed by atoms with Gasteiger partial charge in [0, 0.05) is 13.6 Å². The Kier molecular flexibility index (Phi) is 5.70. The number of benzene rings is 2. The van der Waals surface area contributed by atoms with Gasteiger partial charge >= 0.3 is 11.7 Å². The summed E-state index contributed by atoms with van der Waals surface area (Å²) in [5.41, 5.74) is 3.53. The maximum atomic E-state index is 12.6. The molecule has 1 aliphatic carbocycles. The zero-order chi connectivity index (χ0) is 21.1. The molecule has 0 aliphatic heterocycles. The van der Waals surface area contributed by atoms with Crippen LogP contribution in [0.4, 0.5) is 0 Å². The molecule has 1 aromatic heterocycles. The molecule has 0 radical (unpaired) electrons. The van der Waals surface area contributed by atoms with Crippen molar-refractivity contribution in [3.63, 3.8) is 0 Å². The predicted molar refractivity (Wildman–Crippen MR) is 111 cm³/mol. The molecule has 0 spiro atoms. The summed E-state index contributed by atoms with van der Waals surface area (Å²) in [7, 11) is 1.75. The molecule has 1 heterocycles. The molecule has 3 aromatic rings. The smallest absolute Gasteiger partial charge is 0.419 e. The minimum Gasteiger partial charge on any atom is -0.456 e. The number of ether oxygens (including phenoxy) is 1. The van der Waals surface area contributed by atoms with Crippen LogP contribution in [0.15, 0.2) is 57.7 Å². The fraction of sp³-hybridized carbons (Fsp3) is 0.348. The van der Waals surface area contributed by atoms with Crippen LogP contribution in [0.5, 0.6) is 0 Å². The molecule has 156 valence electrons. The summed E-state index contributed by atoms with van der Waals surface area (Å²) in [6.07, 6.45) is 2.91. The van der Waals surface area contributed by atoms with Gasteiger partial charge in [0.25, 0.3) is 5.91 Å². The second kappa shape index (κ2) is 8.57. The van der Waals surface area contributed by atoms with Crippen LogP contribution in [0.2, 0.25) is 0 Å². The van der Waals surface area contributed by atoms with E-state index in [1.165, 1.54) is 10.1 Å². The molecule has 30 heavy (non-hydrogen) atoms. The number of hydrogen-bond acceptors (Lipinski definition) is 5. The standard InChI is InChI=1S/C23H24N2O5/c1-24(18-11-6-8-16-7-2-3-9-17(16)18)21(26)15-29-22(27)13-14-25-19-10-4-5-12-20(19)30-23(25)28/h2-5,7,9-10,12,18H,6,8,11,13-15H2,1H3/t18-/m1/s1. The summed E-state index contributed by atoms with van der Waals surface area (Å²) in [5, 5.41) is 0. The first-order chi connectivity index (χ1) is 14.5. The van der Waals surface area contributed by atoms with E-state index in [0.717, 1.165) is 24.8 Å². The molecule has 7 nitrogen and oxygen atoms in total. The molecule has 7 heteroatoms. The summed E-state index contributed by atoms with van der Waals surface area (Å²) in [4.78, 5) is 38.4. The molecule has 4 rings (SSSR count). The maximum Gasteiger partial charge on any atom is 0.419 e. The van der Waals surface area contributed by atoms with E-state index in [-0.39, 0.29) is 31.5 Å². The van der Waals surface area contributed by atoms with Gasteiger partial charge in [0.1, 0.15) is 0 Å². The molecule has 0 saturated carbocycles. The zero-order valence-corrected chi connectivity index (χ0v) is 16.9. The highest BCUT2D eigenvalue weighted by Gasteiger charge is 2.27. The van der Waals surface area contributed by atoms with Crippen LogP contribution in [0.3, 0.4) is 0 Å². The van der Waals surface area contributed by atoms with Crippen LogP contribution in [0.25, 0.3) is 11.1 Å². The number of likely N-dealkylation sites (N-methyl/N-ethyl adjacent to an activating group) is 1. The second-order valence-electron chi connectivity index (χ2n) is 7.51. The van der Waals surface area contributed by atoms with Crippen LogP contribution in [0, 0.1) is 0 Å². The van der Waals surface area contributed by atoms with Crippen molar-refractivity contribution in [1.82, 2.24) is 9.47 Å². The van der Waals surface area contributed by atoms with Crippen LogP contribution in [-0.2, 0) is 27.3 Å². The Bertz CT molecular complexity index is 1130. The van der Waals surface area contributed by atoms with Gasteiger partial charge in [-0.1, -0.05) is 36.4 Å². The van der Waals surface area contributed by atoms with Crippen LogP contribution < -0.4 is 5.76 Å². The molecular formula is C23H24N2O5. The van der Waals surface area contributed by atoms with E-state index in [9.17, 15) is 14.4 Å². The lowest BCUT2D eigenvalue weighted by atomic mass is 9.87. The Labute approximate surface area is 173 Å². The van der Waals surface area contributed by atoms with E-state index < -0.39 is 11.7 Å². The van der Waals surface area contributed by atoms with Crippen LogP contribution >= 0.6 is 0 Å². The lowest BCUT2D eigenvalue weighted by Gasteiger charge is -2.33. The fourth-order valence-electron chi connectivity index (χ4n) is 4.05. The quantitative estimate of drug-likeness (QED) is 0.586. The van der Waals surface area contributed by atoms with E-state index in [4.69, 9.17) is 9.15 Å². The summed E-state index contributed by atoms with van der Waals surface area (Å²) in [6.45, 7) is -0.177. The monoisotopic (exact) mass is 408 g/mol. The number of aryl methyl sites for hydroxylation is 2. The number of nitrogens with zero attached hydrogens (tertiary/aromatic N) is 2. The van der Waals surface area contributed by atoms with Gasteiger partial charge in [0.2, 0.25) is 0 Å². The number of aromatic nitrogens is 1. The molecule has 0 unspecified atom stereocenters. The van der Waals surface area contributed by atoms with Gasteiger partial charge in [-0.25, -0.2) is 4.79 Å². The van der Waals surface area contributed by atoms with Crippen molar-refractivity contribution in [1.29, 1.82) is 0 Å². The highest BCUT2D eigenvalue weighted by molar-refractivity contribution is 5.81. The lowest BCUT2D eigenvalue weighted by Crippen LogP contribution is -2.36. The largest absolute Gasteiger partial charge is 0.456 e. The third kappa shape index (κ3) is 4.01. The molecule has 1 atom stereocenters. The van der Waals surface area contributed by atoms with Crippen LogP contribution in [0.1, 0.15) is 36.4 Å². The van der Waals surface area contributed by atoms with Gasteiger partial charge in [0.15, 0.2) is 12.2 Å². The Morgan fingerprint density at radius 2 is 1.93 bits per heavy atom. The van der Waals surface area contributed by atoms with E-state index in [1.54, 1.807) is 36.2 Å². The molecule has 0 bridgehead atoms. The van der Waals surface area contributed by atoms with E-state index in [0.29, 0.717) is 11.1 Å². The molecule has 0 saturated heterocycles. The SMILES string of the molecule is CN(C(=O)COC(=O)CCn1c(=O)oc2ccccc21)[C@@H]1CCCc2ccccc21. The number of esters is 1. The average molecular weight is 408 g/mol. The lowest BCUT2D eigenvalue weighted by molar-refractivity contribution is -0.152. The highest BCUT2D eigenvalue weighted by Crippen LogP contribution is 2.33. The first-order valence-corrected chi connectivity index (χ1v) is 10.1. The highest BCUT2D eigenvalue weighted by atomic mass is 16.5. The normalized spacial score (nSPS) is 15.6. The number of amides is 1. The average Bonchev–Trinajstić information content (AvgIpc) is 3.10. The Hall–Kier alpha value is -3.35. The Morgan fingerprint density at radius 1 is 1.17 bits per heavy atom. The number of carbonyl (C=O) groups excluding carboxylic acids is 2. The Balaban J connectivity index is 1.32. The molecule has 1 aliphatic rings. The topological polar surface area (TPSA) is 81.8 Å². The van der Waals surface area contributed by atoms with E-state index in [1.807, 2.05) is 12.1 Å². The van der Waals surface area contributed by atoms with Crippen molar-refractivity contribution in [3.05, 3.63) is 70.2 Å². The third-order valence-electron chi connectivity index (χ3n) is 5.67. The zero-order valence-electron chi connectivity index (χ0n) is 16.9. The summed E-state index contributed by atoms with van der Waals surface area (Å²) in [6, 6.07) is 15.2. The van der Waals surface area contributed by atoms with Crippen molar-refractivity contribution >= 4 is 23.0 Å². The predicted octanol–water partition coefficient (Wildman–Crippen LogP) is 3.06.